The van der Waals surface area contributed by atoms with Crippen LogP contribution in [0.25, 0.3) is 0 Å². The Hall–Kier alpha value is -0.680. The Morgan fingerprint density at radius 2 is 2.10 bits per heavy atom. The predicted molar refractivity (Wildman–Crippen MR) is 88.5 cm³/mol. The maximum atomic E-state index is 14.5. The van der Waals surface area contributed by atoms with E-state index in [4.69, 9.17) is 23.2 Å². The summed E-state index contributed by atoms with van der Waals surface area (Å²) in [5.41, 5.74) is 1.02. The summed E-state index contributed by atoms with van der Waals surface area (Å²) >= 11 is 15.4. The third kappa shape index (κ3) is 3.75. The minimum Gasteiger partial charge on any atom is -0.305 e. The quantitative estimate of drug-likeness (QED) is 0.692. The van der Waals surface area contributed by atoms with Crippen LogP contribution in [0.15, 0.2) is 34.9 Å². The molecule has 1 aromatic heterocycles. The second-order valence-electron chi connectivity index (χ2n) is 4.52. The van der Waals surface area contributed by atoms with Crippen molar-refractivity contribution in [3.05, 3.63) is 62.1 Å². The molecule has 1 unspecified atom stereocenters. The first kappa shape index (κ1) is 16.7. The SMILES string of the molecule is CCCNC(c1ccc(Br)c(Cl)c1F)c1ncccc1Cl. The highest BCUT2D eigenvalue weighted by molar-refractivity contribution is 9.10. The van der Waals surface area contributed by atoms with Crippen molar-refractivity contribution in [3.63, 3.8) is 0 Å². The van der Waals surface area contributed by atoms with Crippen LogP contribution in [0.5, 0.6) is 0 Å². The Labute approximate surface area is 141 Å². The van der Waals surface area contributed by atoms with Crippen molar-refractivity contribution in [3.8, 4) is 0 Å². The molecular formula is C15H14BrCl2FN2. The average Bonchev–Trinajstić information content (AvgIpc) is 2.48. The van der Waals surface area contributed by atoms with E-state index in [2.05, 4.69) is 26.2 Å². The van der Waals surface area contributed by atoms with E-state index in [1.807, 2.05) is 6.92 Å². The molecule has 0 aliphatic heterocycles. The monoisotopic (exact) mass is 390 g/mol. The minimum absolute atomic E-state index is 0.0582. The van der Waals surface area contributed by atoms with E-state index < -0.39 is 11.9 Å². The van der Waals surface area contributed by atoms with E-state index in [0.717, 1.165) is 6.42 Å². The lowest BCUT2D eigenvalue weighted by Gasteiger charge is -2.20. The number of benzene rings is 1. The zero-order valence-electron chi connectivity index (χ0n) is 11.3. The van der Waals surface area contributed by atoms with Crippen molar-refractivity contribution in [2.45, 2.75) is 19.4 Å². The third-order valence-corrected chi connectivity index (χ3v) is 4.61. The highest BCUT2D eigenvalue weighted by Crippen LogP contribution is 2.34. The van der Waals surface area contributed by atoms with Crippen molar-refractivity contribution in [2.75, 3.05) is 6.54 Å². The molecule has 0 saturated carbocycles. The molecule has 0 aliphatic carbocycles. The maximum Gasteiger partial charge on any atom is 0.148 e. The molecule has 6 heteroatoms. The molecular weight excluding hydrogens is 378 g/mol. The Balaban J connectivity index is 2.51. The van der Waals surface area contributed by atoms with E-state index in [-0.39, 0.29) is 5.02 Å². The Morgan fingerprint density at radius 1 is 1.33 bits per heavy atom. The number of nitrogens with zero attached hydrogens (tertiary/aromatic N) is 1. The normalized spacial score (nSPS) is 12.4. The van der Waals surface area contributed by atoms with Crippen LogP contribution in [0.2, 0.25) is 10.0 Å². The largest absolute Gasteiger partial charge is 0.305 e. The lowest BCUT2D eigenvalue weighted by atomic mass is 10.0. The fourth-order valence-corrected chi connectivity index (χ4v) is 2.73. The van der Waals surface area contributed by atoms with Gasteiger partial charge in [-0.1, -0.05) is 36.2 Å². The summed E-state index contributed by atoms with van der Waals surface area (Å²) in [7, 11) is 0. The lowest BCUT2D eigenvalue weighted by molar-refractivity contribution is 0.539. The number of hydrogen-bond acceptors (Lipinski definition) is 2. The van der Waals surface area contributed by atoms with Gasteiger partial charge in [-0.3, -0.25) is 4.98 Å². The minimum atomic E-state index is -0.471. The average molecular weight is 392 g/mol. The summed E-state index contributed by atoms with van der Waals surface area (Å²) in [5, 5.41) is 3.82. The summed E-state index contributed by atoms with van der Waals surface area (Å²) in [5.74, 6) is -0.471. The van der Waals surface area contributed by atoms with Gasteiger partial charge in [0.15, 0.2) is 0 Å². The number of hydrogen-bond donors (Lipinski definition) is 1. The van der Waals surface area contributed by atoms with Crippen LogP contribution >= 0.6 is 39.1 Å². The van der Waals surface area contributed by atoms with Crippen LogP contribution in [-0.2, 0) is 0 Å². The molecule has 0 radical (unpaired) electrons. The van der Waals surface area contributed by atoms with Crippen LogP contribution in [0.3, 0.4) is 0 Å². The smallest absolute Gasteiger partial charge is 0.148 e. The summed E-state index contributed by atoms with van der Waals surface area (Å²) in [6.07, 6.45) is 2.55. The van der Waals surface area contributed by atoms with Crippen LogP contribution in [0, 0.1) is 5.82 Å². The van der Waals surface area contributed by atoms with Gasteiger partial charge in [-0.2, -0.15) is 0 Å². The van der Waals surface area contributed by atoms with Crippen molar-refractivity contribution in [1.29, 1.82) is 0 Å². The topological polar surface area (TPSA) is 24.9 Å². The molecule has 1 atom stereocenters. The van der Waals surface area contributed by atoms with Gasteiger partial charge < -0.3 is 5.32 Å². The Bertz CT molecular complexity index is 637. The molecule has 0 saturated heterocycles. The number of aromatic nitrogens is 1. The van der Waals surface area contributed by atoms with Gasteiger partial charge >= 0.3 is 0 Å². The third-order valence-electron chi connectivity index (χ3n) is 3.03. The first-order valence-electron chi connectivity index (χ1n) is 6.53. The fraction of sp³-hybridized carbons (Fsp3) is 0.267. The summed E-state index contributed by atoms with van der Waals surface area (Å²) in [4.78, 5) is 4.29. The van der Waals surface area contributed by atoms with Crippen molar-refractivity contribution >= 4 is 39.1 Å². The van der Waals surface area contributed by atoms with Gasteiger partial charge in [0.25, 0.3) is 0 Å². The first-order valence-corrected chi connectivity index (χ1v) is 8.08. The Kier molecular flexibility index (Phi) is 5.99. The molecule has 2 rings (SSSR count). The molecule has 0 spiro atoms. The van der Waals surface area contributed by atoms with Crippen LogP contribution in [0.1, 0.15) is 30.6 Å². The van der Waals surface area contributed by atoms with Gasteiger partial charge in [-0.15, -0.1) is 0 Å². The number of pyridine rings is 1. The van der Waals surface area contributed by atoms with Crippen molar-refractivity contribution in [2.24, 2.45) is 0 Å². The van der Waals surface area contributed by atoms with E-state index in [0.29, 0.717) is 27.3 Å². The standard InChI is InChI=1S/C15H14BrCl2FN2/c1-2-7-20-14(15-11(17)4-3-8-21-15)9-5-6-10(16)12(18)13(9)19/h3-6,8,14,20H,2,7H2,1H3. The van der Waals surface area contributed by atoms with E-state index >= 15 is 0 Å². The van der Waals surface area contributed by atoms with E-state index in [1.54, 1.807) is 30.5 Å². The predicted octanol–water partition coefficient (Wildman–Crippen LogP) is 5.38. The number of halogens is 4. The van der Waals surface area contributed by atoms with Gasteiger partial charge in [0.2, 0.25) is 0 Å². The van der Waals surface area contributed by atoms with E-state index in [1.165, 1.54) is 0 Å². The summed E-state index contributed by atoms with van der Waals surface area (Å²) < 4.78 is 15.0. The van der Waals surface area contributed by atoms with Gasteiger partial charge in [-0.25, -0.2) is 4.39 Å². The molecule has 0 bridgehead atoms. The molecule has 2 nitrogen and oxygen atoms in total. The van der Waals surface area contributed by atoms with Gasteiger partial charge in [0.1, 0.15) is 5.82 Å². The molecule has 112 valence electrons. The number of rotatable bonds is 5. The molecule has 0 amide bonds. The summed E-state index contributed by atoms with van der Waals surface area (Å²) in [6.45, 7) is 2.75. The van der Waals surface area contributed by atoms with Crippen molar-refractivity contribution < 1.29 is 4.39 Å². The van der Waals surface area contributed by atoms with Crippen molar-refractivity contribution in [1.82, 2.24) is 10.3 Å². The van der Waals surface area contributed by atoms with Gasteiger partial charge in [0, 0.05) is 16.2 Å². The van der Waals surface area contributed by atoms with E-state index in [9.17, 15) is 4.39 Å². The van der Waals surface area contributed by atoms with Gasteiger partial charge in [0.05, 0.1) is 21.8 Å². The highest BCUT2D eigenvalue weighted by atomic mass is 79.9. The molecule has 2 aromatic rings. The zero-order chi connectivity index (χ0) is 15.4. The van der Waals surface area contributed by atoms with Crippen LogP contribution < -0.4 is 5.32 Å². The second kappa shape index (κ2) is 7.54. The Morgan fingerprint density at radius 3 is 2.76 bits per heavy atom. The second-order valence-corrected chi connectivity index (χ2v) is 6.16. The molecule has 0 aliphatic rings. The number of nitrogens with one attached hydrogen (secondary N) is 1. The molecule has 1 N–H and O–H groups in total. The molecule has 1 aromatic carbocycles. The van der Waals surface area contributed by atoms with Crippen LogP contribution in [0.4, 0.5) is 4.39 Å². The molecule has 0 fully saturated rings. The summed E-state index contributed by atoms with van der Waals surface area (Å²) in [6, 6.07) is 6.45. The maximum absolute atomic E-state index is 14.5. The lowest BCUT2D eigenvalue weighted by Crippen LogP contribution is -2.25. The highest BCUT2D eigenvalue weighted by Gasteiger charge is 2.23. The fourth-order valence-electron chi connectivity index (χ4n) is 2.02. The van der Waals surface area contributed by atoms with Crippen LogP contribution in [-0.4, -0.2) is 11.5 Å². The van der Waals surface area contributed by atoms with Gasteiger partial charge in [-0.05, 0) is 47.1 Å². The molecule has 21 heavy (non-hydrogen) atoms. The first-order chi connectivity index (χ1) is 10.1. The molecule has 1 heterocycles. The zero-order valence-corrected chi connectivity index (χ0v) is 14.4.